The molecular formula is C12H8F2O5S2. The van der Waals surface area contributed by atoms with Crippen molar-refractivity contribution in [1.29, 1.82) is 0 Å². The number of hydrogen-bond acceptors (Lipinski definition) is 4. The summed E-state index contributed by atoms with van der Waals surface area (Å²) >= 11 is 0. The maximum absolute atomic E-state index is 13.3. The number of hydrogen-bond donors (Lipinski definition) is 1. The maximum Gasteiger partial charge on any atom is 0.297 e. The fraction of sp³-hybridized carbons (Fsp3) is 0. The second-order valence-electron chi connectivity index (χ2n) is 4.02. The normalized spacial score (nSPS) is 12.3. The van der Waals surface area contributed by atoms with Gasteiger partial charge in [-0.25, -0.2) is 17.2 Å². The highest BCUT2D eigenvalue weighted by atomic mass is 32.2. The molecule has 0 unspecified atom stereocenters. The third kappa shape index (κ3) is 3.09. The third-order valence-corrected chi connectivity index (χ3v) is 5.25. The van der Waals surface area contributed by atoms with E-state index in [9.17, 15) is 25.6 Å². The lowest BCUT2D eigenvalue weighted by Crippen LogP contribution is -2.07. The highest BCUT2D eigenvalue weighted by molar-refractivity contribution is 7.91. The van der Waals surface area contributed by atoms with Gasteiger partial charge in [0.15, 0.2) is 0 Å². The van der Waals surface area contributed by atoms with Crippen molar-refractivity contribution < 1.29 is 30.2 Å². The molecule has 0 radical (unpaired) electrons. The Labute approximate surface area is 119 Å². The zero-order valence-corrected chi connectivity index (χ0v) is 11.8. The molecule has 9 heteroatoms. The molecule has 21 heavy (non-hydrogen) atoms. The summed E-state index contributed by atoms with van der Waals surface area (Å²) in [6.07, 6.45) is 0. The van der Waals surface area contributed by atoms with E-state index in [-0.39, 0.29) is 4.90 Å². The van der Waals surface area contributed by atoms with Gasteiger partial charge >= 0.3 is 0 Å². The Balaban J connectivity index is 2.64. The summed E-state index contributed by atoms with van der Waals surface area (Å²) in [5, 5.41) is 0. The monoisotopic (exact) mass is 334 g/mol. The number of sulfone groups is 1. The second kappa shape index (κ2) is 5.17. The Morgan fingerprint density at radius 3 is 1.86 bits per heavy atom. The van der Waals surface area contributed by atoms with Crippen LogP contribution in [0.5, 0.6) is 0 Å². The van der Waals surface area contributed by atoms with Crippen molar-refractivity contribution in [3.05, 3.63) is 54.1 Å². The zero-order chi connectivity index (χ0) is 15.8. The summed E-state index contributed by atoms with van der Waals surface area (Å²) in [6, 6.07) is 5.77. The van der Waals surface area contributed by atoms with E-state index in [1.54, 1.807) is 0 Å². The molecule has 2 aromatic rings. The Bertz CT molecular complexity index is 888. The van der Waals surface area contributed by atoms with Gasteiger partial charge in [-0.05, 0) is 42.5 Å². The Morgan fingerprint density at radius 1 is 0.810 bits per heavy atom. The van der Waals surface area contributed by atoms with Gasteiger partial charge in [-0.1, -0.05) is 0 Å². The molecule has 2 aromatic carbocycles. The molecule has 0 heterocycles. The molecule has 5 nitrogen and oxygen atoms in total. The summed E-state index contributed by atoms with van der Waals surface area (Å²) < 4.78 is 81.4. The lowest BCUT2D eigenvalue weighted by molar-refractivity contribution is 0.473. The first-order chi connectivity index (χ1) is 9.62. The van der Waals surface area contributed by atoms with Crippen LogP contribution >= 0.6 is 0 Å². The number of benzene rings is 2. The summed E-state index contributed by atoms with van der Waals surface area (Å²) in [5.41, 5.74) is 0. The minimum Gasteiger partial charge on any atom is -0.282 e. The SMILES string of the molecule is O=S(=O)(O)c1cc(S(=O)(=O)c2ccc(F)cc2)ccc1F. The van der Waals surface area contributed by atoms with Crippen molar-refractivity contribution in [2.45, 2.75) is 14.7 Å². The molecule has 0 atom stereocenters. The van der Waals surface area contributed by atoms with Gasteiger partial charge in [0.2, 0.25) is 9.84 Å². The van der Waals surface area contributed by atoms with Crippen molar-refractivity contribution in [2.24, 2.45) is 0 Å². The van der Waals surface area contributed by atoms with Gasteiger partial charge in [0.05, 0.1) is 9.79 Å². The van der Waals surface area contributed by atoms with E-state index in [4.69, 9.17) is 4.55 Å². The standard InChI is InChI=1S/C12H8F2O5S2/c13-8-1-3-9(4-2-8)20(15,16)10-5-6-11(14)12(7-10)21(17,18)19/h1-7H,(H,17,18,19). The summed E-state index contributed by atoms with van der Waals surface area (Å²) in [7, 11) is -9.07. The van der Waals surface area contributed by atoms with Crippen LogP contribution in [0.15, 0.2) is 57.2 Å². The van der Waals surface area contributed by atoms with Gasteiger partial charge < -0.3 is 0 Å². The minimum atomic E-state index is -4.90. The largest absolute Gasteiger partial charge is 0.297 e. The van der Waals surface area contributed by atoms with Crippen LogP contribution in [-0.4, -0.2) is 21.4 Å². The predicted molar refractivity (Wildman–Crippen MR) is 68.1 cm³/mol. The number of halogens is 2. The van der Waals surface area contributed by atoms with Gasteiger partial charge in [-0.15, -0.1) is 0 Å². The van der Waals surface area contributed by atoms with Gasteiger partial charge in [0, 0.05) is 0 Å². The average Bonchev–Trinajstić information content (AvgIpc) is 2.38. The summed E-state index contributed by atoms with van der Waals surface area (Å²) in [6.45, 7) is 0. The molecule has 2 rings (SSSR count). The van der Waals surface area contributed by atoms with Crippen LogP contribution in [0.3, 0.4) is 0 Å². The lowest BCUT2D eigenvalue weighted by atomic mass is 10.3. The molecule has 1 N–H and O–H groups in total. The maximum atomic E-state index is 13.3. The van der Waals surface area contributed by atoms with Gasteiger partial charge in [-0.2, -0.15) is 8.42 Å². The van der Waals surface area contributed by atoms with E-state index < -0.39 is 41.4 Å². The van der Waals surface area contributed by atoms with Crippen molar-refractivity contribution in [3.8, 4) is 0 Å². The molecule has 0 bridgehead atoms. The molecular weight excluding hydrogens is 326 g/mol. The molecule has 0 aliphatic rings. The van der Waals surface area contributed by atoms with Crippen molar-refractivity contribution in [1.82, 2.24) is 0 Å². The van der Waals surface area contributed by atoms with E-state index >= 15 is 0 Å². The van der Waals surface area contributed by atoms with E-state index in [1.807, 2.05) is 0 Å². The smallest absolute Gasteiger partial charge is 0.282 e. The fourth-order valence-corrected chi connectivity index (χ4v) is 3.55. The highest BCUT2D eigenvalue weighted by Crippen LogP contribution is 2.25. The van der Waals surface area contributed by atoms with Crippen molar-refractivity contribution >= 4 is 20.0 Å². The molecule has 0 spiro atoms. The topological polar surface area (TPSA) is 88.5 Å². The Kier molecular flexibility index (Phi) is 3.83. The molecule has 0 aromatic heterocycles. The van der Waals surface area contributed by atoms with E-state index in [1.165, 1.54) is 0 Å². The minimum absolute atomic E-state index is 0.295. The van der Waals surface area contributed by atoms with Gasteiger partial charge in [-0.3, -0.25) is 4.55 Å². The predicted octanol–water partition coefficient (Wildman–Crippen LogP) is 2.04. The Hall–Kier alpha value is -1.84. The molecule has 0 saturated carbocycles. The Morgan fingerprint density at radius 2 is 1.33 bits per heavy atom. The third-order valence-electron chi connectivity index (χ3n) is 2.61. The van der Waals surface area contributed by atoms with Crippen LogP contribution in [0.25, 0.3) is 0 Å². The first-order valence-electron chi connectivity index (χ1n) is 5.40. The molecule has 0 aliphatic carbocycles. The van der Waals surface area contributed by atoms with Crippen LogP contribution in [0.2, 0.25) is 0 Å². The molecule has 0 aliphatic heterocycles. The highest BCUT2D eigenvalue weighted by Gasteiger charge is 2.23. The number of rotatable bonds is 3. The molecule has 112 valence electrons. The molecule has 0 saturated heterocycles. The van der Waals surface area contributed by atoms with E-state index in [2.05, 4.69) is 0 Å². The van der Waals surface area contributed by atoms with E-state index in [0.717, 1.165) is 30.3 Å². The van der Waals surface area contributed by atoms with E-state index in [0.29, 0.717) is 12.1 Å². The van der Waals surface area contributed by atoms with Crippen LogP contribution in [-0.2, 0) is 20.0 Å². The summed E-state index contributed by atoms with van der Waals surface area (Å²) in [5.74, 6) is -1.93. The first-order valence-corrected chi connectivity index (χ1v) is 8.32. The quantitative estimate of drug-likeness (QED) is 0.685. The molecule has 0 amide bonds. The fourth-order valence-electron chi connectivity index (χ4n) is 1.60. The van der Waals surface area contributed by atoms with Gasteiger partial charge in [0.25, 0.3) is 10.1 Å². The lowest BCUT2D eigenvalue weighted by Gasteiger charge is -2.06. The van der Waals surface area contributed by atoms with Crippen molar-refractivity contribution in [2.75, 3.05) is 0 Å². The van der Waals surface area contributed by atoms with Crippen LogP contribution in [0.1, 0.15) is 0 Å². The summed E-state index contributed by atoms with van der Waals surface area (Å²) in [4.78, 5) is -1.98. The zero-order valence-electron chi connectivity index (χ0n) is 10.2. The van der Waals surface area contributed by atoms with Crippen molar-refractivity contribution in [3.63, 3.8) is 0 Å². The average molecular weight is 334 g/mol. The van der Waals surface area contributed by atoms with Gasteiger partial charge in [0.1, 0.15) is 16.5 Å². The first kappa shape index (κ1) is 15.5. The van der Waals surface area contributed by atoms with Crippen LogP contribution in [0.4, 0.5) is 8.78 Å². The van der Waals surface area contributed by atoms with Crippen LogP contribution < -0.4 is 0 Å². The van der Waals surface area contributed by atoms with Crippen LogP contribution in [0, 0.1) is 11.6 Å². The second-order valence-corrected chi connectivity index (χ2v) is 7.36. The molecule has 0 fully saturated rings.